The predicted molar refractivity (Wildman–Crippen MR) is 59.2 cm³/mol. The Kier molecular flexibility index (Phi) is 4.98. The van der Waals surface area contributed by atoms with Crippen molar-refractivity contribution < 1.29 is 27.5 Å². The average molecular weight is 283 g/mol. The number of hydrogen-bond acceptors (Lipinski definition) is 3. The van der Waals surface area contributed by atoms with Crippen LogP contribution in [0.3, 0.4) is 0 Å². The molecule has 6 nitrogen and oxygen atoms in total. The molecule has 3 amide bonds. The number of nitrogens with zero attached hydrogens (tertiary/aromatic N) is 3. The molecule has 0 atom stereocenters. The van der Waals surface area contributed by atoms with Crippen LogP contribution >= 0.6 is 0 Å². The molecule has 0 spiro atoms. The molecule has 9 heteroatoms. The summed E-state index contributed by atoms with van der Waals surface area (Å²) in [5.74, 6) is -0.300. The summed E-state index contributed by atoms with van der Waals surface area (Å²) in [7, 11) is 2.53. The highest BCUT2D eigenvalue weighted by molar-refractivity contribution is 5.87. The first-order valence-electron chi connectivity index (χ1n) is 5.58. The molecular formula is C10H16F3N3O3. The van der Waals surface area contributed by atoms with Gasteiger partial charge in [0, 0.05) is 20.7 Å². The minimum Gasteiger partial charge on any atom is -0.383 e. The van der Waals surface area contributed by atoms with Gasteiger partial charge in [-0.3, -0.25) is 9.69 Å². The van der Waals surface area contributed by atoms with Gasteiger partial charge in [0.15, 0.2) is 0 Å². The molecule has 1 aliphatic heterocycles. The van der Waals surface area contributed by atoms with Gasteiger partial charge in [-0.25, -0.2) is 4.79 Å². The normalized spacial score (nSPS) is 16.2. The molecule has 0 saturated carbocycles. The van der Waals surface area contributed by atoms with Crippen molar-refractivity contribution in [3.63, 3.8) is 0 Å². The van der Waals surface area contributed by atoms with E-state index >= 15 is 0 Å². The van der Waals surface area contributed by atoms with Gasteiger partial charge in [-0.15, -0.1) is 0 Å². The van der Waals surface area contributed by atoms with Gasteiger partial charge in [0.25, 0.3) is 0 Å². The summed E-state index contributed by atoms with van der Waals surface area (Å²) >= 11 is 0. The number of alkyl halides is 3. The molecule has 0 aliphatic carbocycles. The van der Waals surface area contributed by atoms with Crippen molar-refractivity contribution in [3.8, 4) is 0 Å². The molecule has 0 aromatic carbocycles. The number of amides is 3. The van der Waals surface area contributed by atoms with E-state index in [9.17, 15) is 22.8 Å². The van der Waals surface area contributed by atoms with Crippen LogP contribution in [-0.2, 0) is 9.53 Å². The fraction of sp³-hybridized carbons (Fsp3) is 0.800. The van der Waals surface area contributed by atoms with Gasteiger partial charge >= 0.3 is 12.2 Å². The van der Waals surface area contributed by atoms with Gasteiger partial charge in [0.2, 0.25) is 5.91 Å². The molecule has 0 aromatic heterocycles. The van der Waals surface area contributed by atoms with E-state index in [1.54, 1.807) is 0 Å². The van der Waals surface area contributed by atoms with Crippen molar-refractivity contribution in [3.05, 3.63) is 0 Å². The number of rotatable bonds is 4. The highest BCUT2D eigenvalue weighted by atomic mass is 19.4. The van der Waals surface area contributed by atoms with E-state index < -0.39 is 18.8 Å². The quantitative estimate of drug-likeness (QED) is 0.748. The lowest BCUT2D eigenvalue weighted by molar-refractivity contribution is -0.138. The third-order valence-corrected chi connectivity index (χ3v) is 2.60. The van der Waals surface area contributed by atoms with E-state index in [0.717, 1.165) is 11.9 Å². The molecule has 0 radical (unpaired) electrons. The number of ether oxygens (including phenoxy) is 1. The Morgan fingerprint density at radius 1 is 1.47 bits per heavy atom. The molecule has 0 N–H and O–H groups in total. The predicted octanol–water partition coefficient (Wildman–Crippen LogP) is 0.349. The second-order valence-corrected chi connectivity index (χ2v) is 4.24. The van der Waals surface area contributed by atoms with E-state index in [4.69, 9.17) is 4.74 Å². The average Bonchev–Trinajstić information content (AvgIpc) is 2.64. The summed E-state index contributed by atoms with van der Waals surface area (Å²) in [6.07, 6.45) is -4.45. The highest BCUT2D eigenvalue weighted by Gasteiger charge is 2.36. The van der Waals surface area contributed by atoms with E-state index in [2.05, 4.69) is 0 Å². The maximum atomic E-state index is 12.2. The van der Waals surface area contributed by atoms with Crippen molar-refractivity contribution >= 4 is 11.9 Å². The number of halogens is 3. The Morgan fingerprint density at radius 3 is 2.63 bits per heavy atom. The lowest BCUT2D eigenvalue weighted by Crippen LogP contribution is -2.44. The smallest absolute Gasteiger partial charge is 0.383 e. The van der Waals surface area contributed by atoms with Gasteiger partial charge < -0.3 is 14.5 Å². The molecule has 1 heterocycles. The third kappa shape index (κ3) is 4.58. The van der Waals surface area contributed by atoms with Crippen molar-refractivity contribution in [2.75, 3.05) is 47.1 Å². The lowest BCUT2D eigenvalue weighted by atomic mass is 10.5. The summed E-state index contributed by atoms with van der Waals surface area (Å²) in [5, 5.41) is 0. The highest BCUT2D eigenvalue weighted by Crippen LogP contribution is 2.17. The second-order valence-electron chi connectivity index (χ2n) is 4.24. The first-order valence-corrected chi connectivity index (χ1v) is 5.58. The van der Waals surface area contributed by atoms with Crippen LogP contribution in [0.1, 0.15) is 0 Å². The largest absolute Gasteiger partial charge is 0.406 e. The molecule has 110 valence electrons. The Labute approximate surface area is 108 Å². The first-order chi connectivity index (χ1) is 8.74. The Hall–Kier alpha value is -1.51. The summed E-state index contributed by atoms with van der Waals surface area (Å²) in [5.41, 5.74) is 0. The van der Waals surface area contributed by atoms with Gasteiger partial charge in [-0.1, -0.05) is 0 Å². The topological polar surface area (TPSA) is 53.1 Å². The summed E-state index contributed by atoms with van der Waals surface area (Å²) in [6, 6.07) is -0.814. The number of urea groups is 1. The first kappa shape index (κ1) is 15.5. The summed E-state index contributed by atoms with van der Waals surface area (Å²) in [4.78, 5) is 26.3. The Bertz CT molecular complexity index is 349. The molecule has 0 aromatic rings. The second kappa shape index (κ2) is 6.09. The molecule has 1 fully saturated rings. The number of methoxy groups -OCH3 is 1. The van der Waals surface area contributed by atoms with Crippen LogP contribution in [0.15, 0.2) is 0 Å². The van der Waals surface area contributed by atoms with Gasteiger partial charge in [-0.2, -0.15) is 13.2 Å². The van der Waals surface area contributed by atoms with E-state index in [1.165, 1.54) is 12.0 Å². The van der Waals surface area contributed by atoms with Crippen LogP contribution in [-0.4, -0.2) is 79.9 Å². The van der Waals surface area contributed by atoms with Crippen LogP contribution in [0.25, 0.3) is 0 Å². The van der Waals surface area contributed by atoms with E-state index in [0.29, 0.717) is 18.1 Å². The SMILES string of the molecule is COCCN1CN(C(=O)N(C)CC(F)(F)F)CC1=O. The molecule has 1 saturated heterocycles. The molecule has 19 heavy (non-hydrogen) atoms. The van der Waals surface area contributed by atoms with Crippen molar-refractivity contribution in [1.29, 1.82) is 0 Å². The summed E-state index contributed by atoms with van der Waals surface area (Å²) < 4.78 is 41.3. The van der Waals surface area contributed by atoms with E-state index in [-0.39, 0.29) is 19.1 Å². The molecule has 0 bridgehead atoms. The minimum atomic E-state index is -4.45. The van der Waals surface area contributed by atoms with Crippen LogP contribution in [0.4, 0.5) is 18.0 Å². The zero-order valence-electron chi connectivity index (χ0n) is 10.7. The fourth-order valence-electron chi connectivity index (χ4n) is 1.70. The zero-order valence-corrected chi connectivity index (χ0v) is 10.7. The van der Waals surface area contributed by atoms with E-state index in [1.807, 2.05) is 0 Å². The van der Waals surface area contributed by atoms with Gasteiger partial charge in [-0.05, 0) is 0 Å². The molecule has 1 rings (SSSR count). The number of hydrogen-bond donors (Lipinski definition) is 0. The fourth-order valence-corrected chi connectivity index (χ4v) is 1.70. The number of carbonyl (C=O) groups is 2. The van der Waals surface area contributed by atoms with Crippen LogP contribution in [0.5, 0.6) is 0 Å². The summed E-state index contributed by atoms with van der Waals surface area (Å²) in [6.45, 7) is -0.934. The Balaban J connectivity index is 2.53. The minimum absolute atomic E-state index is 0.0107. The van der Waals surface area contributed by atoms with Gasteiger partial charge in [0.1, 0.15) is 13.1 Å². The zero-order chi connectivity index (χ0) is 14.6. The molecule has 1 aliphatic rings. The standard InChI is InChI=1S/C10H16F3N3O3/c1-14(6-10(11,12)13)9(18)16-5-8(17)15(7-16)3-4-19-2/h3-7H2,1-2H3. The van der Waals surface area contributed by atoms with Crippen molar-refractivity contribution in [1.82, 2.24) is 14.7 Å². The van der Waals surface area contributed by atoms with Crippen molar-refractivity contribution in [2.45, 2.75) is 6.18 Å². The van der Waals surface area contributed by atoms with Crippen molar-refractivity contribution in [2.24, 2.45) is 0 Å². The Morgan fingerprint density at radius 2 is 2.11 bits per heavy atom. The van der Waals surface area contributed by atoms with Crippen LogP contribution < -0.4 is 0 Å². The third-order valence-electron chi connectivity index (χ3n) is 2.60. The maximum Gasteiger partial charge on any atom is 0.406 e. The lowest BCUT2D eigenvalue weighted by Gasteiger charge is -2.25. The molecular weight excluding hydrogens is 267 g/mol. The van der Waals surface area contributed by atoms with Crippen LogP contribution in [0.2, 0.25) is 0 Å². The number of carbonyl (C=O) groups excluding carboxylic acids is 2. The van der Waals surface area contributed by atoms with Crippen LogP contribution in [0, 0.1) is 0 Å². The van der Waals surface area contributed by atoms with Gasteiger partial charge in [0.05, 0.1) is 13.3 Å². The monoisotopic (exact) mass is 283 g/mol. The molecule has 0 unspecified atom stereocenters. The maximum absolute atomic E-state index is 12.2.